The van der Waals surface area contributed by atoms with E-state index in [0.29, 0.717) is 12.6 Å². The maximum Gasteiger partial charge on any atom is 0.139 e. The van der Waals surface area contributed by atoms with E-state index < -0.39 is 5.60 Å². The molecule has 0 bridgehead atoms. The van der Waals surface area contributed by atoms with Crippen LogP contribution in [0.3, 0.4) is 0 Å². The maximum absolute atomic E-state index is 10.8. The molecule has 0 radical (unpaired) electrons. The third kappa shape index (κ3) is 3.78. The summed E-state index contributed by atoms with van der Waals surface area (Å²) in [5, 5.41) is 10.8. The van der Waals surface area contributed by atoms with E-state index in [1.165, 1.54) is 4.90 Å². The highest BCUT2D eigenvalue weighted by Gasteiger charge is 2.42. The summed E-state index contributed by atoms with van der Waals surface area (Å²) < 4.78 is 0. The van der Waals surface area contributed by atoms with Crippen molar-refractivity contribution in [3.63, 3.8) is 0 Å². The highest BCUT2D eigenvalue weighted by molar-refractivity contribution is 5.46. The Hall–Kier alpha value is -1.50. The Labute approximate surface area is 128 Å². The van der Waals surface area contributed by atoms with Crippen molar-refractivity contribution < 1.29 is 10.0 Å². The van der Waals surface area contributed by atoms with E-state index in [4.69, 9.17) is 0 Å². The van der Waals surface area contributed by atoms with Crippen LogP contribution in [0, 0.1) is 17.8 Å². The van der Waals surface area contributed by atoms with Gasteiger partial charge in [-0.05, 0) is 19.1 Å². The van der Waals surface area contributed by atoms with E-state index in [2.05, 4.69) is 49.8 Å². The molecule has 1 heterocycles. The summed E-state index contributed by atoms with van der Waals surface area (Å²) in [5.41, 5.74) is 0.309. The number of aliphatic hydroxyl groups is 1. The molecule has 0 aromatic heterocycles. The van der Waals surface area contributed by atoms with Gasteiger partial charge in [-0.3, -0.25) is 0 Å². The number of likely N-dealkylation sites (tertiary alicyclic amines) is 1. The topological polar surface area (TPSA) is 27.9 Å². The van der Waals surface area contributed by atoms with Gasteiger partial charge in [-0.1, -0.05) is 37.0 Å². The van der Waals surface area contributed by atoms with Crippen molar-refractivity contribution in [2.75, 3.05) is 32.1 Å². The number of piperidine rings is 1. The molecule has 2 N–H and O–H groups in total. The molecule has 1 saturated heterocycles. The second kappa shape index (κ2) is 6.51. The summed E-state index contributed by atoms with van der Waals surface area (Å²) in [7, 11) is 4.22. The fourth-order valence-electron chi connectivity index (χ4n) is 2.95. The second-order valence-corrected chi connectivity index (χ2v) is 6.47. The van der Waals surface area contributed by atoms with Gasteiger partial charge < -0.3 is 14.9 Å². The van der Waals surface area contributed by atoms with Gasteiger partial charge in [-0.25, -0.2) is 0 Å². The molecule has 1 fully saturated rings. The number of quaternary nitrogens is 1. The summed E-state index contributed by atoms with van der Waals surface area (Å²) in [4.78, 5) is 3.58. The van der Waals surface area contributed by atoms with Gasteiger partial charge in [0.25, 0.3) is 0 Å². The van der Waals surface area contributed by atoms with Crippen molar-refractivity contribution in [3.8, 4) is 11.8 Å². The number of nitrogens with one attached hydrogen (secondary N) is 1. The number of rotatable bonds is 2. The van der Waals surface area contributed by atoms with Crippen molar-refractivity contribution in [2.24, 2.45) is 5.92 Å². The normalized spacial score (nSPS) is 32.1. The molecular formula is C18H27N2O+. The lowest BCUT2D eigenvalue weighted by atomic mass is 9.79. The van der Waals surface area contributed by atoms with Gasteiger partial charge in [-0.15, -0.1) is 0 Å². The van der Waals surface area contributed by atoms with Crippen LogP contribution in [0.15, 0.2) is 30.3 Å². The number of nitrogens with zero attached hydrogens (tertiary/aromatic N) is 1. The van der Waals surface area contributed by atoms with E-state index in [1.54, 1.807) is 0 Å². The smallest absolute Gasteiger partial charge is 0.139 e. The zero-order valence-electron chi connectivity index (χ0n) is 13.6. The Morgan fingerprint density at radius 3 is 2.67 bits per heavy atom. The van der Waals surface area contributed by atoms with Crippen LogP contribution < -0.4 is 9.80 Å². The zero-order chi connectivity index (χ0) is 15.5. The predicted octanol–water partition coefficient (Wildman–Crippen LogP) is 0.800. The predicted molar refractivity (Wildman–Crippen MR) is 87.4 cm³/mol. The van der Waals surface area contributed by atoms with E-state index >= 15 is 0 Å². The molecule has 114 valence electrons. The van der Waals surface area contributed by atoms with Crippen molar-refractivity contribution >= 4 is 5.69 Å². The molecule has 1 aliphatic rings. The van der Waals surface area contributed by atoms with E-state index in [9.17, 15) is 5.11 Å². The lowest BCUT2D eigenvalue weighted by molar-refractivity contribution is -0.915. The SMILES string of the molecule is C[C@H]1C[C@](O)(C#CCN(C)c2ccccc2)[C@@H](C)C[NH+]1C. The molecular weight excluding hydrogens is 260 g/mol. The summed E-state index contributed by atoms with van der Waals surface area (Å²) >= 11 is 0. The molecule has 0 spiro atoms. The van der Waals surface area contributed by atoms with E-state index in [-0.39, 0.29) is 5.92 Å². The van der Waals surface area contributed by atoms with Gasteiger partial charge in [0.2, 0.25) is 0 Å². The fourth-order valence-corrected chi connectivity index (χ4v) is 2.95. The standard InChI is InChI=1S/C18H26N2O/c1-15-14-20(4)16(2)13-18(15,21)11-8-12-19(3)17-9-6-5-7-10-17/h5-7,9-10,15-16,21H,12-14H2,1-4H3/p+1/t15-,16-,18+/m0/s1. The van der Waals surface area contributed by atoms with Gasteiger partial charge >= 0.3 is 0 Å². The summed E-state index contributed by atoms with van der Waals surface area (Å²) in [6.45, 7) is 5.89. The molecule has 1 aromatic carbocycles. The number of anilines is 1. The monoisotopic (exact) mass is 287 g/mol. The van der Waals surface area contributed by atoms with Crippen molar-refractivity contribution in [1.29, 1.82) is 0 Å². The van der Waals surface area contributed by atoms with Gasteiger partial charge in [0.05, 0.1) is 26.2 Å². The highest BCUT2D eigenvalue weighted by Crippen LogP contribution is 2.24. The van der Waals surface area contributed by atoms with Crippen molar-refractivity contribution in [3.05, 3.63) is 30.3 Å². The first kappa shape index (κ1) is 15.9. The average molecular weight is 287 g/mol. The van der Waals surface area contributed by atoms with Gasteiger partial charge in [0.1, 0.15) is 5.60 Å². The Kier molecular flexibility index (Phi) is 4.92. The zero-order valence-corrected chi connectivity index (χ0v) is 13.6. The van der Waals surface area contributed by atoms with Crippen LogP contribution in [-0.4, -0.2) is 43.9 Å². The fraction of sp³-hybridized carbons (Fsp3) is 0.556. The number of hydrogen-bond donors (Lipinski definition) is 2. The third-order valence-electron chi connectivity index (χ3n) is 4.72. The van der Waals surface area contributed by atoms with Crippen molar-refractivity contribution in [2.45, 2.75) is 31.9 Å². The molecule has 1 unspecified atom stereocenters. The van der Waals surface area contributed by atoms with E-state index in [0.717, 1.165) is 18.7 Å². The second-order valence-electron chi connectivity index (χ2n) is 6.47. The first-order valence-corrected chi connectivity index (χ1v) is 7.73. The molecule has 0 amide bonds. The van der Waals surface area contributed by atoms with Crippen LogP contribution in [0.5, 0.6) is 0 Å². The molecule has 1 aromatic rings. The summed E-state index contributed by atoms with van der Waals surface area (Å²) in [6.07, 6.45) is 0.752. The van der Waals surface area contributed by atoms with Crippen LogP contribution in [-0.2, 0) is 0 Å². The average Bonchev–Trinajstić information content (AvgIpc) is 2.46. The van der Waals surface area contributed by atoms with Gasteiger partial charge in [-0.2, -0.15) is 0 Å². The van der Waals surface area contributed by atoms with E-state index in [1.807, 2.05) is 25.2 Å². The minimum Gasteiger partial charge on any atom is -0.377 e. The minimum atomic E-state index is -0.837. The third-order valence-corrected chi connectivity index (χ3v) is 4.72. The van der Waals surface area contributed by atoms with Crippen LogP contribution in [0.1, 0.15) is 20.3 Å². The molecule has 3 nitrogen and oxygen atoms in total. The molecule has 1 aliphatic heterocycles. The van der Waals surface area contributed by atoms with Gasteiger partial charge in [0, 0.05) is 25.1 Å². The molecule has 21 heavy (non-hydrogen) atoms. The molecule has 3 heteroatoms. The Bertz CT molecular complexity index is 519. The lowest BCUT2D eigenvalue weighted by Crippen LogP contribution is -3.15. The Balaban J connectivity index is 2.01. The summed E-state index contributed by atoms with van der Waals surface area (Å²) in [5.74, 6) is 6.54. The first-order valence-electron chi connectivity index (χ1n) is 7.73. The van der Waals surface area contributed by atoms with Crippen LogP contribution in [0.2, 0.25) is 0 Å². The maximum atomic E-state index is 10.8. The molecule has 0 saturated carbocycles. The number of hydrogen-bond acceptors (Lipinski definition) is 2. The Morgan fingerprint density at radius 2 is 2.00 bits per heavy atom. The molecule has 2 rings (SSSR count). The quantitative estimate of drug-likeness (QED) is 0.788. The molecule has 4 atom stereocenters. The largest absolute Gasteiger partial charge is 0.377 e. The van der Waals surface area contributed by atoms with Crippen molar-refractivity contribution in [1.82, 2.24) is 0 Å². The van der Waals surface area contributed by atoms with Crippen LogP contribution in [0.4, 0.5) is 5.69 Å². The molecule has 0 aliphatic carbocycles. The van der Waals surface area contributed by atoms with Crippen LogP contribution in [0.25, 0.3) is 0 Å². The number of benzene rings is 1. The summed E-state index contributed by atoms with van der Waals surface area (Å²) in [6, 6.07) is 10.6. The van der Waals surface area contributed by atoms with Gasteiger partial charge in [0.15, 0.2) is 0 Å². The minimum absolute atomic E-state index is 0.211. The lowest BCUT2D eigenvalue weighted by Gasteiger charge is -2.40. The van der Waals surface area contributed by atoms with Crippen LogP contribution >= 0.6 is 0 Å². The first-order chi connectivity index (χ1) is 9.92. The number of para-hydroxylation sites is 1. The highest BCUT2D eigenvalue weighted by atomic mass is 16.3. The Morgan fingerprint density at radius 1 is 1.33 bits per heavy atom.